The van der Waals surface area contributed by atoms with Gasteiger partial charge in [-0.3, -0.25) is 9.13 Å². The van der Waals surface area contributed by atoms with Gasteiger partial charge in [0.2, 0.25) is 5.95 Å². The molecule has 0 spiro atoms. The second kappa shape index (κ2) is 10.3. The highest BCUT2D eigenvalue weighted by Gasteiger charge is 2.21. The molecule has 234 valence electrons. The zero-order chi connectivity index (χ0) is 32.8. The maximum Gasteiger partial charge on any atom is 0.236 e. The first-order valence-corrected chi connectivity index (χ1v) is 16.8. The SMILES string of the molecule is c1ccc(-n2ccc3c4c5ccccc5n(-c5ccnc(-n6c7ccccc7c7c8ccn(-c9ccccc9)c8ccc76)n5)c4ccc32)cc1. The van der Waals surface area contributed by atoms with Gasteiger partial charge in [-0.2, -0.15) is 4.98 Å². The quantitative estimate of drug-likeness (QED) is 0.192. The van der Waals surface area contributed by atoms with E-state index in [1.54, 1.807) is 0 Å². The van der Waals surface area contributed by atoms with Crippen molar-refractivity contribution in [3.8, 4) is 23.1 Å². The van der Waals surface area contributed by atoms with Crippen LogP contribution in [-0.2, 0) is 0 Å². The molecule has 0 aliphatic carbocycles. The van der Waals surface area contributed by atoms with Crippen molar-refractivity contribution < 1.29 is 0 Å². The van der Waals surface area contributed by atoms with Gasteiger partial charge < -0.3 is 9.13 Å². The minimum atomic E-state index is 0.637. The van der Waals surface area contributed by atoms with E-state index in [9.17, 15) is 0 Å². The van der Waals surface area contributed by atoms with Crippen molar-refractivity contribution in [1.29, 1.82) is 0 Å². The summed E-state index contributed by atoms with van der Waals surface area (Å²) in [4.78, 5) is 10.2. The van der Waals surface area contributed by atoms with Crippen molar-refractivity contribution in [3.05, 3.63) is 170 Å². The lowest BCUT2D eigenvalue weighted by Gasteiger charge is -2.11. The van der Waals surface area contributed by atoms with Crippen LogP contribution in [0.1, 0.15) is 0 Å². The third-order valence-electron chi connectivity index (χ3n) is 10.1. The van der Waals surface area contributed by atoms with Crippen LogP contribution in [0.25, 0.3) is 88.6 Å². The molecular formula is C44H28N6. The Kier molecular flexibility index (Phi) is 5.57. The Morgan fingerprint density at radius 3 is 1.40 bits per heavy atom. The highest BCUT2D eigenvalue weighted by atomic mass is 15.2. The maximum atomic E-state index is 5.33. The highest BCUT2D eigenvalue weighted by Crippen LogP contribution is 2.39. The van der Waals surface area contributed by atoms with Gasteiger partial charge in [-0.1, -0.05) is 72.8 Å². The minimum Gasteiger partial charge on any atom is -0.317 e. The van der Waals surface area contributed by atoms with E-state index in [4.69, 9.17) is 9.97 Å². The molecule has 11 rings (SSSR count). The van der Waals surface area contributed by atoms with Gasteiger partial charge in [0, 0.05) is 62.3 Å². The molecule has 0 unspecified atom stereocenters. The highest BCUT2D eigenvalue weighted by molar-refractivity contribution is 6.22. The first-order valence-electron chi connectivity index (χ1n) is 16.8. The predicted molar refractivity (Wildman–Crippen MR) is 204 cm³/mol. The van der Waals surface area contributed by atoms with Crippen LogP contribution in [0, 0.1) is 0 Å². The number of hydrogen-bond donors (Lipinski definition) is 0. The molecule has 0 N–H and O–H groups in total. The Bertz CT molecular complexity index is 2880. The van der Waals surface area contributed by atoms with Gasteiger partial charge in [0.25, 0.3) is 0 Å². The van der Waals surface area contributed by atoms with Crippen molar-refractivity contribution in [2.75, 3.05) is 0 Å². The summed E-state index contributed by atoms with van der Waals surface area (Å²) >= 11 is 0. The van der Waals surface area contributed by atoms with Gasteiger partial charge >= 0.3 is 0 Å². The van der Waals surface area contributed by atoms with Crippen molar-refractivity contribution in [2.24, 2.45) is 0 Å². The Balaban J connectivity index is 1.14. The van der Waals surface area contributed by atoms with Crippen molar-refractivity contribution >= 4 is 65.4 Å². The fourth-order valence-electron chi connectivity index (χ4n) is 8.03. The number of fused-ring (bicyclic) bond motifs is 10. The number of aromatic nitrogens is 6. The fraction of sp³-hybridized carbons (Fsp3) is 0. The molecule has 0 fully saturated rings. The van der Waals surface area contributed by atoms with Crippen molar-refractivity contribution in [2.45, 2.75) is 0 Å². The zero-order valence-electron chi connectivity index (χ0n) is 26.8. The van der Waals surface area contributed by atoms with E-state index < -0.39 is 0 Å². The summed E-state index contributed by atoms with van der Waals surface area (Å²) < 4.78 is 9.00. The van der Waals surface area contributed by atoms with E-state index in [1.807, 2.05) is 12.3 Å². The molecule has 6 nitrogen and oxygen atoms in total. The smallest absolute Gasteiger partial charge is 0.236 e. The molecule has 11 aromatic rings. The van der Waals surface area contributed by atoms with E-state index in [0.717, 1.165) is 39.3 Å². The molecule has 0 bridgehead atoms. The first kappa shape index (κ1) is 27.1. The molecule has 50 heavy (non-hydrogen) atoms. The molecular weight excluding hydrogens is 613 g/mol. The molecule has 6 aromatic carbocycles. The molecule has 0 aliphatic rings. The van der Waals surface area contributed by atoms with E-state index in [-0.39, 0.29) is 0 Å². The summed E-state index contributed by atoms with van der Waals surface area (Å²) in [5.74, 6) is 1.46. The first-order chi connectivity index (χ1) is 24.8. The lowest BCUT2D eigenvalue weighted by molar-refractivity contribution is 0.949. The monoisotopic (exact) mass is 640 g/mol. The van der Waals surface area contributed by atoms with Crippen LogP contribution >= 0.6 is 0 Å². The van der Waals surface area contributed by atoms with Crippen molar-refractivity contribution in [3.63, 3.8) is 0 Å². The number of nitrogens with zero attached hydrogens (tertiary/aromatic N) is 6. The largest absolute Gasteiger partial charge is 0.317 e. The number of para-hydroxylation sites is 4. The molecule has 0 amide bonds. The van der Waals surface area contributed by atoms with Gasteiger partial charge in [-0.15, -0.1) is 0 Å². The summed E-state index contributed by atoms with van der Waals surface area (Å²) in [6.07, 6.45) is 6.21. The van der Waals surface area contributed by atoms with Crippen LogP contribution < -0.4 is 0 Å². The summed E-state index contributed by atoms with van der Waals surface area (Å²) in [6.45, 7) is 0. The molecule has 5 aromatic heterocycles. The van der Waals surface area contributed by atoms with Crippen molar-refractivity contribution in [1.82, 2.24) is 28.2 Å². The Labute approximate surface area is 286 Å². The van der Waals surface area contributed by atoms with Crippen LogP contribution in [0.15, 0.2) is 170 Å². The summed E-state index contributed by atoms with van der Waals surface area (Å²) in [5, 5.41) is 7.20. The summed E-state index contributed by atoms with van der Waals surface area (Å²) in [6, 6.07) is 53.6. The molecule has 0 radical (unpaired) electrons. The maximum absolute atomic E-state index is 5.33. The molecule has 0 saturated carbocycles. The Morgan fingerprint density at radius 2 is 0.820 bits per heavy atom. The second-order valence-corrected chi connectivity index (χ2v) is 12.7. The Hall–Kier alpha value is -6.92. The topological polar surface area (TPSA) is 45.5 Å². The van der Waals surface area contributed by atoms with Crippen LogP contribution in [0.2, 0.25) is 0 Å². The van der Waals surface area contributed by atoms with E-state index in [0.29, 0.717) is 5.95 Å². The summed E-state index contributed by atoms with van der Waals surface area (Å²) in [7, 11) is 0. The molecule has 0 atom stereocenters. The van der Waals surface area contributed by atoms with Crippen LogP contribution in [-0.4, -0.2) is 28.2 Å². The van der Waals surface area contributed by atoms with Gasteiger partial charge in [-0.05, 0) is 78.9 Å². The van der Waals surface area contributed by atoms with E-state index in [2.05, 4.69) is 176 Å². The van der Waals surface area contributed by atoms with Gasteiger partial charge in [0.1, 0.15) is 5.82 Å². The van der Waals surface area contributed by atoms with Gasteiger partial charge in [0.05, 0.1) is 33.1 Å². The minimum absolute atomic E-state index is 0.637. The average Bonchev–Trinajstić information content (AvgIpc) is 3.96. The number of hydrogen-bond acceptors (Lipinski definition) is 2. The average molecular weight is 641 g/mol. The van der Waals surface area contributed by atoms with Gasteiger partial charge in [0.15, 0.2) is 0 Å². The summed E-state index contributed by atoms with van der Waals surface area (Å²) in [5.41, 5.74) is 9.00. The van der Waals surface area contributed by atoms with Crippen LogP contribution in [0.4, 0.5) is 0 Å². The molecule has 0 saturated heterocycles. The lowest BCUT2D eigenvalue weighted by atomic mass is 10.1. The third kappa shape index (κ3) is 3.73. The standard InChI is InChI=1S/C44H28N6/c1-3-11-29(12-4-1)47-27-24-33-35(47)19-21-39-42(33)31-15-7-9-17-37(31)49(39)41-23-26-45-44(46-41)50-38-18-10-8-16-32(38)43-34-25-28-48(30-13-5-2-6-14-30)36(34)20-22-40(43)50/h1-28H. The molecule has 6 heteroatoms. The van der Waals surface area contributed by atoms with Crippen LogP contribution in [0.5, 0.6) is 0 Å². The van der Waals surface area contributed by atoms with E-state index >= 15 is 0 Å². The third-order valence-corrected chi connectivity index (χ3v) is 10.1. The fourth-order valence-corrected chi connectivity index (χ4v) is 8.03. The van der Waals surface area contributed by atoms with E-state index in [1.165, 1.54) is 43.4 Å². The van der Waals surface area contributed by atoms with Crippen LogP contribution in [0.3, 0.4) is 0 Å². The lowest BCUT2D eigenvalue weighted by Crippen LogP contribution is -2.05. The number of rotatable bonds is 4. The normalized spacial score (nSPS) is 12.0. The number of benzene rings is 6. The predicted octanol–water partition coefficient (Wildman–Crippen LogP) is 10.6. The zero-order valence-corrected chi connectivity index (χ0v) is 26.8. The molecule has 5 heterocycles. The Morgan fingerprint density at radius 1 is 0.360 bits per heavy atom. The molecule has 0 aliphatic heterocycles. The second-order valence-electron chi connectivity index (χ2n) is 12.7. The van der Waals surface area contributed by atoms with Gasteiger partial charge in [-0.25, -0.2) is 4.98 Å².